The van der Waals surface area contributed by atoms with E-state index in [1.165, 1.54) is 25.1 Å². The van der Waals surface area contributed by atoms with E-state index in [-0.39, 0.29) is 17.9 Å². The molecular weight excluding hydrogens is 226 g/mol. The number of hydrogen-bond donors (Lipinski definition) is 2. The summed E-state index contributed by atoms with van der Waals surface area (Å²) in [5, 5.41) is 28.7. The van der Waals surface area contributed by atoms with Gasteiger partial charge in [-0.05, 0) is 25.0 Å². The summed E-state index contributed by atoms with van der Waals surface area (Å²) in [5.74, 6) is -1.57. The number of benzene rings is 1. The molecule has 0 aliphatic rings. The summed E-state index contributed by atoms with van der Waals surface area (Å²) in [4.78, 5) is 20.8. The number of carboxylic acid groups (broad SMARTS) is 1. The average molecular weight is 239 g/mol. The number of nitro groups is 1. The number of carboxylic acids is 1. The van der Waals surface area contributed by atoms with Crippen LogP contribution in [-0.4, -0.2) is 21.1 Å². The molecule has 1 unspecified atom stereocenters. The van der Waals surface area contributed by atoms with Crippen LogP contribution in [0.4, 0.5) is 5.69 Å². The molecule has 6 nitrogen and oxygen atoms in total. The van der Waals surface area contributed by atoms with Gasteiger partial charge in [-0.15, -0.1) is 0 Å². The van der Waals surface area contributed by atoms with Crippen LogP contribution < -0.4 is 0 Å². The van der Waals surface area contributed by atoms with E-state index >= 15 is 0 Å². The summed E-state index contributed by atoms with van der Waals surface area (Å²) in [7, 11) is 0. The first-order valence-electron chi connectivity index (χ1n) is 5.11. The lowest BCUT2D eigenvalue weighted by molar-refractivity contribution is -0.385. The summed E-state index contributed by atoms with van der Waals surface area (Å²) >= 11 is 0. The Balaban J connectivity index is 2.85. The van der Waals surface area contributed by atoms with E-state index in [0.717, 1.165) is 0 Å². The maximum absolute atomic E-state index is 10.7. The second-order valence-electron chi connectivity index (χ2n) is 3.85. The molecule has 0 aliphatic carbocycles. The highest BCUT2D eigenvalue weighted by Crippen LogP contribution is 2.25. The van der Waals surface area contributed by atoms with Crippen molar-refractivity contribution < 1.29 is 19.9 Å². The third-order valence-electron chi connectivity index (χ3n) is 2.53. The number of aryl methyl sites for hydroxylation is 1. The van der Waals surface area contributed by atoms with Gasteiger partial charge >= 0.3 is 5.97 Å². The molecule has 0 radical (unpaired) electrons. The van der Waals surface area contributed by atoms with Crippen molar-refractivity contribution in [1.29, 1.82) is 0 Å². The van der Waals surface area contributed by atoms with Gasteiger partial charge < -0.3 is 10.2 Å². The number of phenolic OH excluding ortho intramolecular Hbond substituents is 1. The predicted octanol–water partition coefficient (Wildman–Crippen LogP) is 1.95. The maximum Gasteiger partial charge on any atom is 0.306 e. The lowest BCUT2D eigenvalue weighted by Gasteiger charge is -2.06. The van der Waals surface area contributed by atoms with Crippen LogP contribution in [0.2, 0.25) is 0 Å². The van der Waals surface area contributed by atoms with Gasteiger partial charge in [-0.3, -0.25) is 14.9 Å². The number of aromatic hydroxyl groups is 1. The standard InChI is InChI=1S/C11H13NO5/c1-7(11(14)15)2-3-8-6-9(13)4-5-10(8)12(16)17/h4-7,13H,2-3H2,1H3,(H,14,15). The molecule has 17 heavy (non-hydrogen) atoms. The van der Waals surface area contributed by atoms with Crippen LogP contribution in [0.15, 0.2) is 18.2 Å². The van der Waals surface area contributed by atoms with Crippen LogP contribution in [-0.2, 0) is 11.2 Å². The van der Waals surface area contributed by atoms with Crippen molar-refractivity contribution in [2.75, 3.05) is 0 Å². The number of carbonyl (C=O) groups is 1. The van der Waals surface area contributed by atoms with E-state index in [4.69, 9.17) is 5.11 Å². The van der Waals surface area contributed by atoms with Gasteiger partial charge in [0, 0.05) is 11.6 Å². The maximum atomic E-state index is 10.7. The van der Waals surface area contributed by atoms with Crippen LogP contribution in [0.5, 0.6) is 5.75 Å². The minimum absolute atomic E-state index is 0.0615. The van der Waals surface area contributed by atoms with Crippen LogP contribution in [0.25, 0.3) is 0 Å². The number of rotatable bonds is 5. The first kappa shape index (κ1) is 13.0. The van der Waals surface area contributed by atoms with Crippen molar-refractivity contribution in [1.82, 2.24) is 0 Å². The predicted molar refractivity (Wildman–Crippen MR) is 59.9 cm³/mol. The van der Waals surface area contributed by atoms with Crippen molar-refractivity contribution in [2.45, 2.75) is 19.8 Å². The fraction of sp³-hybridized carbons (Fsp3) is 0.364. The largest absolute Gasteiger partial charge is 0.508 e. The monoisotopic (exact) mass is 239 g/mol. The molecule has 0 bridgehead atoms. The molecule has 1 aromatic carbocycles. The van der Waals surface area contributed by atoms with Gasteiger partial charge in [0.2, 0.25) is 0 Å². The molecular formula is C11H13NO5. The molecule has 0 amide bonds. The van der Waals surface area contributed by atoms with Gasteiger partial charge in [-0.2, -0.15) is 0 Å². The second kappa shape index (κ2) is 5.29. The Bertz CT molecular complexity index is 443. The third kappa shape index (κ3) is 3.44. The Morgan fingerprint density at radius 1 is 1.53 bits per heavy atom. The summed E-state index contributed by atoms with van der Waals surface area (Å²) in [6, 6.07) is 3.76. The van der Waals surface area contributed by atoms with E-state index in [0.29, 0.717) is 12.0 Å². The molecule has 1 atom stereocenters. The van der Waals surface area contributed by atoms with Crippen LogP contribution in [0.3, 0.4) is 0 Å². The third-order valence-corrected chi connectivity index (χ3v) is 2.53. The molecule has 0 heterocycles. The fourth-order valence-corrected chi connectivity index (χ4v) is 1.45. The topological polar surface area (TPSA) is 101 Å². The molecule has 92 valence electrons. The van der Waals surface area contributed by atoms with Gasteiger partial charge in [0.05, 0.1) is 10.8 Å². The van der Waals surface area contributed by atoms with E-state index in [1.807, 2.05) is 0 Å². The summed E-state index contributed by atoms with van der Waals surface area (Å²) in [5.41, 5.74) is 0.253. The quantitative estimate of drug-likeness (QED) is 0.604. The highest BCUT2D eigenvalue weighted by atomic mass is 16.6. The SMILES string of the molecule is CC(CCc1cc(O)ccc1[N+](=O)[O-])C(=O)O. The average Bonchev–Trinajstić information content (AvgIpc) is 2.25. The van der Waals surface area contributed by atoms with E-state index in [9.17, 15) is 20.0 Å². The minimum atomic E-state index is -0.937. The summed E-state index contributed by atoms with van der Waals surface area (Å²) in [6.45, 7) is 1.54. The van der Waals surface area contributed by atoms with Gasteiger partial charge in [-0.25, -0.2) is 0 Å². The van der Waals surface area contributed by atoms with Gasteiger partial charge in [-0.1, -0.05) is 6.92 Å². The van der Waals surface area contributed by atoms with Gasteiger partial charge in [0.1, 0.15) is 5.75 Å². The number of nitro benzene ring substituents is 1. The zero-order valence-electron chi connectivity index (χ0n) is 9.29. The molecule has 2 N–H and O–H groups in total. The first-order chi connectivity index (χ1) is 7.91. The molecule has 0 aromatic heterocycles. The molecule has 0 saturated carbocycles. The zero-order chi connectivity index (χ0) is 13.0. The van der Waals surface area contributed by atoms with Crippen molar-refractivity contribution in [3.05, 3.63) is 33.9 Å². The Hall–Kier alpha value is -2.11. The summed E-state index contributed by atoms with van der Waals surface area (Å²) in [6.07, 6.45) is 0.539. The summed E-state index contributed by atoms with van der Waals surface area (Å²) < 4.78 is 0. The van der Waals surface area contributed by atoms with Crippen molar-refractivity contribution >= 4 is 11.7 Å². The van der Waals surface area contributed by atoms with E-state index in [2.05, 4.69) is 0 Å². The zero-order valence-corrected chi connectivity index (χ0v) is 9.29. The fourth-order valence-electron chi connectivity index (χ4n) is 1.45. The number of nitrogens with zero attached hydrogens (tertiary/aromatic N) is 1. The van der Waals surface area contributed by atoms with Crippen LogP contribution in [0.1, 0.15) is 18.9 Å². The van der Waals surface area contributed by atoms with E-state index < -0.39 is 16.8 Å². The Kier molecular flexibility index (Phi) is 4.03. The molecule has 1 rings (SSSR count). The smallest absolute Gasteiger partial charge is 0.306 e. The first-order valence-corrected chi connectivity index (χ1v) is 5.11. The Morgan fingerprint density at radius 3 is 2.71 bits per heavy atom. The Labute approximate surface area is 97.7 Å². The lowest BCUT2D eigenvalue weighted by Crippen LogP contribution is -2.10. The number of phenols is 1. The minimum Gasteiger partial charge on any atom is -0.508 e. The van der Waals surface area contributed by atoms with Crippen LogP contribution in [0, 0.1) is 16.0 Å². The van der Waals surface area contributed by atoms with Crippen molar-refractivity contribution in [2.24, 2.45) is 5.92 Å². The van der Waals surface area contributed by atoms with Crippen LogP contribution >= 0.6 is 0 Å². The highest BCUT2D eigenvalue weighted by Gasteiger charge is 2.17. The Morgan fingerprint density at radius 2 is 2.18 bits per heavy atom. The lowest BCUT2D eigenvalue weighted by atomic mass is 10.00. The van der Waals surface area contributed by atoms with E-state index in [1.54, 1.807) is 0 Å². The molecule has 0 saturated heterocycles. The van der Waals surface area contributed by atoms with Crippen molar-refractivity contribution in [3.63, 3.8) is 0 Å². The molecule has 6 heteroatoms. The molecule has 0 spiro atoms. The van der Waals surface area contributed by atoms with Gasteiger partial charge in [0.25, 0.3) is 5.69 Å². The van der Waals surface area contributed by atoms with Crippen molar-refractivity contribution in [3.8, 4) is 5.75 Å². The normalized spacial score (nSPS) is 12.1. The highest BCUT2D eigenvalue weighted by molar-refractivity contribution is 5.69. The number of aliphatic carboxylic acids is 1. The molecule has 0 fully saturated rings. The molecule has 0 aliphatic heterocycles. The second-order valence-corrected chi connectivity index (χ2v) is 3.85. The van der Waals surface area contributed by atoms with Gasteiger partial charge in [0.15, 0.2) is 0 Å². The molecule has 1 aromatic rings. The number of hydrogen-bond acceptors (Lipinski definition) is 4.